The lowest BCUT2D eigenvalue weighted by atomic mass is 9.96. The van der Waals surface area contributed by atoms with Crippen LogP contribution in [0.3, 0.4) is 0 Å². The van der Waals surface area contributed by atoms with Crippen molar-refractivity contribution in [1.29, 1.82) is 0 Å². The molecule has 1 aliphatic heterocycles. The van der Waals surface area contributed by atoms with Crippen LogP contribution in [0.4, 0.5) is 0 Å². The van der Waals surface area contributed by atoms with Crippen molar-refractivity contribution in [3.05, 3.63) is 84.5 Å². The van der Waals surface area contributed by atoms with Crippen molar-refractivity contribution in [3.8, 4) is 17.2 Å². The van der Waals surface area contributed by atoms with Crippen LogP contribution in [0.15, 0.2) is 63.5 Å². The normalized spacial score (nSPS) is 15.0. The van der Waals surface area contributed by atoms with E-state index in [2.05, 4.69) is 4.99 Å². The summed E-state index contributed by atoms with van der Waals surface area (Å²) in [6.07, 6.45) is 1.72. The molecule has 1 atom stereocenters. The number of ether oxygens (including phenoxy) is 4. The Morgan fingerprint density at radius 1 is 1.08 bits per heavy atom. The van der Waals surface area contributed by atoms with E-state index in [4.69, 9.17) is 18.9 Å². The third kappa shape index (κ3) is 5.40. The minimum Gasteiger partial charge on any atom is -0.497 e. The van der Waals surface area contributed by atoms with Crippen LogP contribution in [0.1, 0.15) is 44.9 Å². The number of allylic oxidation sites excluding steroid dienone is 1. The fourth-order valence-electron chi connectivity index (χ4n) is 4.17. The molecule has 0 amide bonds. The lowest BCUT2D eigenvalue weighted by Gasteiger charge is -2.24. The SMILES string of the molecule is CCOC(=O)C1=C(C)N=c2s/c(=C\c3ccc(OC(C)=O)c(OCC)c3)c(=O)n2C1c1ccc(OC)cc1. The molecule has 2 heterocycles. The summed E-state index contributed by atoms with van der Waals surface area (Å²) >= 11 is 1.22. The van der Waals surface area contributed by atoms with Gasteiger partial charge >= 0.3 is 11.9 Å². The maximum atomic E-state index is 13.8. The number of carbonyl (C=O) groups is 2. The molecule has 0 fully saturated rings. The van der Waals surface area contributed by atoms with E-state index >= 15 is 0 Å². The highest BCUT2D eigenvalue weighted by Gasteiger charge is 2.33. The fourth-order valence-corrected chi connectivity index (χ4v) is 5.21. The zero-order valence-corrected chi connectivity index (χ0v) is 22.6. The van der Waals surface area contributed by atoms with E-state index in [1.807, 2.05) is 19.1 Å². The predicted molar refractivity (Wildman–Crippen MR) is 142 cm³/mol. The molecule has 0 bridgehead atoms. The van der Waals surface area contributed by atoms with Gasteiger partial charge in [-0.25, -0.2) is 9.79 Å². The quantitative estimate of drug-likeness (QED) is 0.322. The Kier molecular flexibility index (Phi) is 8.11. The molecule has 1 unspecified atom stereocenters. The van der Waals surface area contributed by atoms with Crippen LogP contribution in [0.25, 0.3) is 6.08 Å². The van der Waals surface area contributed by atoms with Crippen LogP contribution in [0.2, 0.25) is 0 Å². The van der Waals surface area contributed by atoms with Crippen LogP contribution < -0.4 is 29.1 Å². The van der Waals surface area contributed by atoms with Gasteiger partial charge in [0.2, 0.25) is 0 Å². The molecule has 9 nitrogen and oxygen atoms in total. The summed E-state index contributed by atoms with van der Waals surface area (Å²) in [7, 11) is 1.57. The van der Waals surface area contributed by atoms with Gasteiger partial charge in [-0.15, -0.1) is 0 Å². The van der Waals surface area contributed by atoms with E-state index in [-0.39, 0.29) is 12.2 Å². The molecule has 0 saturated heterocycles. The van der Waals surface area contributed by atoms with Gasteiger partial charge in [0, 0.05) is 6.92 Å². The van der Waals surface area contributed by atoms with Crippen LogP contribution in [-0.4, -0.2) is 36.8 Å². The summed E-state index contributed by atoms with van der Waals surface area (Å²) in [5.74, 6) is 0.361. The van der Waals surface area contributed by atoms with Gasteiger partial charge in [-0.2, -0.15) is 0 Å². The van der Waals surface area contributed by atoms with E-state index < -0.39 is 18.0 Å². The highest BCUT2D eigenvalue weighted by Crippen LogP contribution is 2.32. The standard InChI is InChI=1S/C28H28N2O7S/c1-6-35-22-14-18(8-13-21(22)37-17(4)31)15-23-26(32)30-25(19-9-11-20(34-5)12-10-19)24(27(33)36-7-2)16(3)29-28(30)38-23/h8-15,25H,6-7H2,1-5H3/b23-15-. The molecule has 0 saturated carbocycles. The number of hydrogen-bond donors (Lipinski definition) is 0. The third-order valence-corrected chi connectivity index (χ3v) is 6.75. The maximum Gasteiger partial charge on any atom is 0.338 e. The number of nitrogens with zero attached hydrogens (tertiary/aromatic N) is 2. The molecule has 0 aliphatic carbocycles. The lowest BCUT2D eigenvalue weighted by molar-refractivity contribution is -0.139. The molecule has 3 aromatic rings. The van der Waals surface area contributed by atoms with Gasteiger partial charge in [-0.1, -0.05) is 29.5 Å². The Morgan fingerprint density at radius 2 is 1.82 bits per heavy atom. The lowest BCUT2D eigenvalue weighted by Crippen LogP contribution is -2.39. The molecule has 0 spiro atoms. The zero-order chi connectivity index (χ0) is 27.4. The highest BCUT2D eigenvalue weighted by atomic mass is 32.1. The third-order valence-electron chi connectivity index (χ3n) is 5.77. The maximum absolute atomic E-state index is 13.8. The first-order chi connectivity index (χ1) is 18.3. The Hall–Kier alpha value is -4.18. The molecule has 0 radical (unpaired) electrons. The molecule has 2 aromatic carbocycles. The second kappa shape index (κ2) is 11.5. The summed E-state index contributed by atoms with van der Waals surface area (Å²) in [5.41, 5.74) is 1.89. The van der Waals surface area contributed by atoms with Crippen molar-refractivity contribution in [2.45, 2.75) is 33.7 Å². The number of aromatic nitrogens is 1. The van der Waals surface area contributed by atoms with Gasteiger partial charge in [-0.3, -0.25) is 14.2 Å². The number of esters is 2. The Balaban J connectivity index is 1.88. The van der Waals surface area contributed by atoms with Crippen molar-refractivity contribution in [3.63, 3.8) is 0 Å². The van der Waals surface area contributed by atoms with Gasteiger partial charge in [0.25, 0.3) is 5.56 Å². The van der Waals surface area contributed by atoms with Crippen LogP contribution in [0, 0.1) is 0 Å². The summed E-state index contributed by atoms with van der Waals surface area (Å²) in [6.45, 7) is 7.18. The average Bonchev–Trinajstić information content (AvgIpc) is 3.19. The molecule has 4 rings (SSSR count). The monoisotopic (exact) mass is 536 g/mol. The number of methoxy groups -OCH3 is 1. The van der Waals surface area contributed by atoms with Crippen molar-refractivity contribution < 1.29 is 28.5 Å². The first kappa shape index (κ1) is 26.9. The number of fused-ring (bicyclic) bond motifs is 1. The first-order valence-electron chi connectivity index (χ1n) is 12.1. The number of benzene rings is 2. The van der Waals surface area contributed by atoms with Crippen LogP contribution >= 0.6 is 11.3 Å². The predicted octanol–water partition coefficient (Wildman–Crippen LogP) is 3.13. The van der Waals surface area contributed by atoms with E-state index in [0.29, 0.717) is 50.0 Å². The minimum atomic E-state index is -0.719. The van der Waals surface area contributed by atoms with Crippen LogP contribution in [0.5, 0.6) is 17.2 Å². The van der Waals surface area contributed by atoms with Crippen molar-refractivity contribution in [2.24, 2.45) is 4.99 Å². The minimum absolute atomic E-state index is 0.195. The van der Waals surface area contributed by atoms with Crippen molar-refractivity contribution >= 4 is 29.4 Å². The Bertz CT molecular complexity index is 1580. The largest absolute Gasteiger partial charge is 0.497 e. The second-order valence-electron chi connectivity index (χ2n) is 8.31. The fraction of sp³-hybridized carbons (Fsp3) is 0.286. The second-order valence-corrected chi connectivity index (χ2v) is 9.32. The van der Waals surface area contributed by atoms with Gasteiger partial charge in [0.05, 0.1) is 42.2 Å². The Labute approximate surface area is 223 Å². The summed E-state index contributed by atoms with van der Waals surface area (Å²) < 4.78 is 23.4. The molecular weight excluding hydrogens is 508 g/mol. The molecule has 38 heavy (non-hydrogen) atoms. The van der Waals surface area contributed by atoms with Crippen LogP contribution in [-0.2, 0) is 14.3 Å². The van der Waals surface area contributed by atoms with Gasteiger partial charge in [0.15, 0.2) is 16.3 Å². The van der Waals surface area contributed by atoms with E-state index in [1.54, 1.807) is 57.4 Å². The van der Waals surface area contributed by atoms with Crippen molar-refractivity contribution in [2.75, 3.05) is 20.3 Å². The van der Waals surface area contributed by atoms with Gasteiger partial charge < -0.3 is 18.9 Å². The number of rotatable bonds is 8. The average molecular weight is 537 g/mol. The van der Waals surface area contributed by atoms with Crippen molar-refractivity contribution in [1.82, 2.24) is 4.57 Å². The highest BCUT2D eigenvalue weighted by molar-refractivity contribution is 7.07. The topological polar surface area (TPSA) is 105 Å². The molecule has 198 valence electrons. The summed E-state index contributed by atoms with van der Waals surface area (Å²) in [6, 6.07) is 11.5. The summed E-state index contributed by atoms with van der Waals surface area (Å²) in [5, 5.41) is 0. The van der Waals surface area contributed by atoms with Gasteiger partial charge in [-0.05, 0) is 62.2 Å². The Morgan fingerprint density at radius 3 is 2.45 bits per heavy atom. The number of carbonyl (C=O) groups excluding carboxylic acids is 2. The van der Waals surface area contributed by atoms with E-state index in [0.717, 1.165) is 5.56 Å². The number of thiazole rings is 1. The smallest absolute Gasteiger partial charge is 0.338 e. The van der Waals surface area contributed by atoms with E-state index in [9.17, 15) is 14.4 Å². The molecule has 10 heteroatoms. The first-order valence-corrected chi connectivity index (χ1v) is 12.9. The molecule has 0 N–H and O–H groups in total. The molecule has 1 aliphatic rings. The number of hydrogen-bond acceptors (Lipinski definition) is 9. The van der Waals surface area contributed by atoms with E-state index in [1.165, 1.54) is 22.8 Å². The van der Waals surface area contributed by atoms with Gasteiger partial charge in [0.1, 0.15) is 5.75 Å². The zero-order valence-electron chi connectivity index (χ0n) is 21.8. The molecular formula is C28H28N2O7S. The summed E-state index contributed by atoms with van der Waals surface area (Å²) in [4.78, 5) is 43.3. The molecule has 1 aromatic heterocycles.